The van der Waals surface area contributed by atoms with Crippen molar-refractivity contribution in [2.24, 2.45) is 0 Å². The zero-order chi connectivity index (χ0) is 16.3. The van der Waals surface area contributed by atoms with Crippen molar-refractivity contribution < 1.29 is 4.79 Å². The minimum atomic E-state index is -0.405. The Kier molecular flexibility index (Phi) is 4.98. The summed E-state index contributed by atoms with van der Waals surface area (Å²) in [7, 11) is 1.72. The standard InChI is InChI=1S/C16H18ClN3O2/c1-10-4-5-18-13(6-10)7-11(2)20(3)16(22)12-8-14(17)15(21)19-9-12/h4-6,8-9,11H,7H2,1-3H3,(H,19,21)/t11-/m1/s1. The van der Waals surface area contributed by atoms with Gasteiger partial charge in [-0.25, -0.2) is 0 Å². The Hall–Kier alpha value is -2.14. The molecule has 0 aliphatic carbocycles. The van der Waals surface area contributed by atoms with Crippen molar-refractivity contribution in [3.63, 3.8) is 0 Å². The summed E-state index contributed by atoms with van der Waals surface area (Å²) < 4.78 is 0. The zero-order valence-corrected chi connectivity index (χ0v) is 13.5. The topological polar surface area (TPSA) is 66.1 Å². The average molecular weight is 320 g/mol. The second kappa shape index (κ2) is 6.75. The number of hydrogen-bond donors (Lipinski definition) is 1. The first-order valence-corrected chi connectivity index (χ1v) is 7.33. The molecular weight excluding hydrogens is 302 g/mol. The third-order valence-corrected chi connectivity index (χ3v) is 3.84. The lowest BCUT2D eigenvalue weighted by Crippen LogP contribution is -2.37. The highest BCUT2D eigenvalue weighted by Gasteiger charge is 2.19. The predicted octanol–water partition coefficient (Wildman–Crippen LogP) is 2.43. The molecule has 0 fully saturated rings. The number of H-pyrrole nitrogens is 1. The van der Waals surface area contributed by atoms with E-state index >= 15 is 0 Å². The van der Waals surface area contributed by atoms with Gasteiger partial charge in [-0.1, -0.05) is 11.6 Å². The number of nitrogens with one attached hydrogen (secondary N) is 1. The minimum absolute atomic E-state index is 0.00672. The van der Waals surface area contributed by atoms with Crippen molar-refractivity contribution in [1.82, 2.24) is 14.9 Å². The van der Waals surface area contributed by atoms with Crippen LogP contribution in [0.15, 0.2) is 35.4 Å². The molecule has 2 aromatic heterocycles. The summed E-state index contributed by atoms with van der Waals surface area (Å²) >= 11 is 5.76. The summed E-state index contributed by atoms with van der Waals surface area (Å²) in [5, 5.41) is 0.00672. The summed E-state index contributed by atoms with van der Waals surface area (Å²) in [6.07, 6.45) is 3.80. The van der Waals surface area contributed by atoms with Crippen LogP contribution in [0.4, 0.5) is 0 Å². The number of halogens is 1. The van der Waals surface area contributed by atoms with Crippen molar-refractivity contribution >= 4 is 17.5 Å². The van der Waals surface area contributed by atoms with Gasteiger partial charge in [0.1, 0.15) is 5.02 Å². The van der Waals surface area contributed by atoms with Crippen LogP contribution < -0.4 is 5.56 Å². The number of hydrogen-bond acceptors (Lipinski definition) is 3. The maximum atomic E-state index is 12.4. The molecule has 0 radical (unpaired) electrons. The SMILES string of the molecule is Cc1ccnc(C[C@@H](C)N(C)C(=O)c2c[nH]c(=O)c(Cl)c2)c1. The summed E-state index contributed by atoms with van der Waals surface area (Å²) in [5.74, 6) is -0.196. The Morgan fingerprint density at radius 2 is 2.18 bits per heavy atom. The van der Waals surface area contributed by atoms with Crippen LogP contribution in [-0.2, 0) is 6.42 Å². The van der Waals surface area contributed by atoms with Crippen molar-refractivity contribution in [2.75, 3.05) is 7.05 Å². The van der Waals surface area contributed by atoms with Crippen LogP contribution in [0.5, 0.6) is 0 Å². The molecule has 1 amide bonds. The molecule has 1 N–H and O–H groups in total. The number of amides is 1. The zero-order valence-electron chi connectivity index (χ0n) is 12.8. The molecule has 116 valence electrons. The molecule has 0 aliphatic heterocycles. The van der Waals surface area contributed by atoms with E-state index in [4.69, 9.17) is 11.6 Å². The van der Waals surface area contributed by atoms with Crippen LogP contribution >= 0.6 is 11.6 Å². The van der Waals surface area contributed by atoms with Crippen molar-refractivity contribution in [3.05, 3.63) is 62.8 Å². The summed E-state index contributed by atoms with van der Waals surface area (Å²) in [4.78, 5) is 32.1. The summed E-state index contributed by atoms with van der Waals surface area (Å²) in [6.45, 7) is 3.96. The second-order valence-corrected chi connectivity index (χ2v) is 5.77. The molecule has 2 heterocycles. The number of aryl methyl sites for hydroxylation is 1. The van der Waals surface area contributed by atoms with Gasteiger partial charge in [-0.3, -0.25) is 14.6 Å². The highest BCUT2D eigenvalue weighted by atomic mass is 35.5. The van der Waals surface area contributed by atoms with Crippen LogP contribution in [0.2, 0.25) is 5.02 Å². The summed E-state index contributed by atoms with van der Waals surface area (Å²) in [6, 6.07) is 5.29. The number of likely N-dealkylation sites (N-methyl/N-ethyl adjacent to an activating group) is 1. The first kappa shape index (κ1) is 16.2. The highest BCUT2D eigenvalue weighted by molar-refractivity contribution is 6.30. The minimum Gasteiger partial charge on any atom is -0.339 e. The molecule has 0 saturated carbocycles. The monoisotopic (exact) mass is 319 g/mol. The van der Waals surface area contributed by atoms with E-state index in [9.17, 15) is 9.59 Å². The fourth-order valence-electron chi connectivity index (χ4n) is 2.13. The van der Waals surface area contributed by atoms with Crippen molar-refractivity contribution in [3.8, 4) is 0 Å². The third-order valence-electron chi connectivity index (χ3n) is 3.56. The quantitative estimate of drug-likeness (QED) is 0.941. The molecule has 5 nitrogen and oxygen atoms in total. The molecule has 0 unspecified atom stereocenters. The number of nitrogens with zero attached hydrogens (tertiary/aromatic N) is 2. The lowest BCUT2D eigenvalue weighted by Gasteiger charge is -2.25. The van der Waals surface area contributed by atoms with Crippen LogP contribution in [0.25, 0.3) is 0 Å². The number of aromatic amines is 1. The van der Waals surface area contributed by atoms with Gasteiger partial charge < -0.3 is 9.88 Å². The molecule has 0 saturated heterocycles. The normalized spacial score (nSPS) is 12.0. The van der Waals surface area contributed by atoms with Gasteiger partial charge in [-0.15, -0.1) is 0 Å². The van der Waals surface area contributed by atoms with Gasteiger partial charge in [0.05, 0.1) is 5.56 Å². The molecule has 1 atom stereocenters. The van der Waals surface area contributed by atoms with E-state index in [0.717, 1.165) is 11.3 Å². The molecule has 2 aromatic rings. The van der Waals surface area contributed by atoms with Gasteiger partial charge in [-0.2, -0.15) is 0 Å². The maximum absolute atomic E-state index is 12.4. The number of pyridine rings is 2. The lowest BCUT2D eigenvalue weighted by molar-refractivity contribution is 0.0742. The van der Waals surface area contributed by atoms with Gasteiger partial charge in [0.15, 0.2) is 0 Å². The van der Waals surface area contributed by atoms with Gasteiger partial charge in [-0.05, 0) is 37.6 Å². The fraction of sp³-hybridized carbons (Fsp3) is 0.312. The molecule has 0 aliphatic rings. The summed E-state index contributed by atoms with van der Waals surface area (Å²) in [5.41, 5.74) is 2.03. The molecule has 6 heteroatoms. The molecule has 2 rings (SSSR count). The van der Waals surface area contributed by atoms with Crippen LogP contribution in [-0.4, -0.2) is 33.9 Å². The lowest BCUT2D eigenvalue weighted by atomic mass is 10.1. The van der Waals surface area contributed by atoms with E-state index in [0.29, 0.717) is 12.0 Å². The van der Waals surface area contributed by atoms with Crippen molar-refractivity contribution in [2.45, 2.75) is 26.3 Å². The predicted molar refractivity (Wildman–Crippen MR) is 86.3 cm³/mol. The van der Waals surface area contributed by atoms with Crippen LogP contribution in [0, 0.1) is 6.92 Å². The van der Waals surface area contributed by atoms with Gasteiger partial charge >= 0.3 is 0 Å². The van der Waals surface area contributed by atoms with E-state index < -0.39 is 5.56 Å². The van der Waals surface area contributed by atoms with E-state index in [1.807, 2.05) is 26.0 Å². The van der Waals surface area contributed by atoms with Gasteiger partial charge in [0.2, 0.25) is 0 Å². The first-order chi connectivity index (χ1) is 10.4. The van der Waals surface area contributed by atoms with E-state index in [-0.39, 0.29) is 17.0 Å². The van der Waals surface area contributed by atoms with E-state index in [1.54, 1.807) is 18.1 Å². The largest absolute Gasteiger partial charge is 0.339 e. The molecular formula is C16H18ClN3O2. The highest BCUT2D eigenvalue weighted by Crippen LogP contribution is 2.12. The Labute approximate surface area is 134 Å². The Morgan fingerprint density at radius 1 is 1.45 bits per heavy atom. The third kappa shape index (κ3) is 3.74. The average Bonchev–Trinajstić information content (AvgIpc) is 2.48. The Bertz CT molecular complexity index is 742. The number of rotatable bonds is 4. The smallest absolute Gasteiger partial charge is 0.266 e. The van der Waals surface area contributed by atoms with Crippen molar-refractivity contribution in [1.29, 1.82) is 0 Å². The van der Waals surface area contributed by atoms with Crippen LogP contribution in [0.1, 0.15) is 28.5 Å². The van der Waals surface area contributed by atoms with Gasteiger partial charge in [0, 0.05) is 37.6 Å². The maximum Gasteiger partial charge on any atom is 0.266 e. The Balaban J connectivity index is 2.12. The van der Waals surface area contributed by atoms with Crippen LogP contribution in [0.3, 0.4) is 0 Å². The van der Waals surface area contributed by atoms with Gasteiger partial charge in [0.25, 0.3) is 11.5 Å². The fourth-order valence-corrected chi connectivity index (χ4v) is 2.31. The first-order valence-electron chi connectivity index (χ1n) is 6.95. The number of carbonyl (C=O) groups excluding carboxylic acids is 1. The molecule has 0 spiro atoms. The number of carbonyl (C=O) groups is 1. The Morgan fingerprint density at radius 3 is 2.82 bits per heavy atom. The molecule has 22 heavy (non-hydrogen) atoms. The van der Waals surface area contributed by atoms with E-state index in [2.05, 4.69) is 9.97 Å². The second-order valence-electron chi connectivity index (χ2n) is 5.36. The molecule has 0 aromatic carbocycles. The number of aromatic nitrogens is 2. The molecule has 0 bridgehead atoms. The van der Waals surface area contributed by atoms with E-state index in [1.165, 1.54) is 12.3 Å².